The topological polar surface area (TPSA) is 114 Å². The molecule has 0 aliphatic heterocycles. The summed E-state index contributed by atoms with van der Waals surface area (Å²) in [6.45, 7) is 9.53. The highest BCUT2D eigenvalue weighted by Crippen LogP contribution is 2.26. The van der Waals surface area contributed by atoms with Crippen LogP contribution < -0.4 is 10.6 Å². The molecule has 31 heavy (non-hydrogen) atoms. The second kappa shape index (κ2) is 11.9. The van der Waals surface area contributed by atoms with Gasteiger partial charge in [-0.3, -0.25) is 14.4 Å². The second-order valence-corrected chi connectivity index (χ2v) is 9.97. The lowest BCUT2D eigenvalue weighted by Crippen LogP contribution is -2.51. The van der Waals surface area contributed by atoms with Gasteiger partial charge < -0.3 is 15.1 Å². The largest absolute Gasteiger partial charge is 0.408 e. The van der Waals surface area contributed by atoms with Gasteiger partial charge in [-0.2, -0.15) is 0 Å². The first-order valence-electron chi connectivity index (χ1n) is 10.8. The molecular formula is C22H32N4O4S. The van der Waals surface area contributed by atoms with Gasteiger partial charge in [-0.15, -0.1) is 10.2 Å². The SMILES string of the molecule is CC#CC(=O)N[C@H]1CCCC[C@H]1C(=O)NC(CC(C)C)C(=O)c1nnc(SC(C)C)o1. The Kier molecular flexibility index (Phi) is 9.56. The van der Waals surface area contributed by atoms with Gasteiger partial charge in [-0.05, 0) is 38.0 Å². The zero-order chi connectivity index (χ0) is 23.0. The molecule has 0 radical (unpaired) electrons. The molecule has 170 valence electrons. The van der Waals surface area contributed by atoms with E-state index in [4.69, 9.17) is 4.42 Å². The van der Waals surface area contributed by atoms with Gasteiger partial charge in [-0.25, -0.2) is 0 Å². The van der Waals surface area contributed by atoms with Crippen LogP contribution >= 0.6 is 11.8 Å². The molecule has 1 aromatic heterocycles. The molecule has 2 rings (SSSR count). The number of rotatable bonds is 9. The second-order valence-electron chi connectivity index (χ2n) is 8.44. The zero-order valence-electron chi connectivity index (χ0n) is 18.9. The minimum Gasteiger partial charge on any atom is -0.408 e. The van der Waals surface area contributed by atoms with E-state index in [2.05, 4.69) is 32.7 Å². The highest BCUT2D eigenvalue weighted by Gasteiger charge is 2.35. The lowest BCUT2D eigenvalue weighted by atomic mass is 9.83. The summed E-state index contributed by atoms with van der Waals surface area (Å²) >= 11 is 1.38. The number of hydrogen-bond donors (Lipinski definition) is 2. The summed E-state index contributed by atoms with van der Waals surface area (Å²) in [4.78, 5) is 38.1. The van der Waals surface area contributed by atoms with E-state index < -0.39 is 17.7 Å². The highest BCUT2D eigenvalue weighted by atomic mass is 32.2. The Morgan fingerprint density at radius 1 is 1.16 bits per heavy atom. The van der Waals surface area contributed by atoms with Crippen molar-refractivity contribution in [3.8, 4) is 11.8 Å². The van der Waals surface area contributed by atoms with Crippen molar-refractivity contribution in [1.29, 1.82) is 0 Å². The molecule has 1 heterocycles. The summed E-state index contributed by atoms with van der Waals surface area (Å²) in [6.07, 6.45) is 3.63. The van der Waals surface area contributed by atoms with Gasteiger partial charge in [-0.1, -0.05) is 58.2 Å². The van der Waals surface area contributed by atoms with E-state index >= 15 is 0 Å². The maximum absolute atomic E-state index is 13.1. The van der Waals surface area contributed by atoms with Gasteiger partial charge in [0.25, 0.3) is 17.0 Å². The number of aromatic nitrogens is 2. The quantitative estimate of drug-likeness (QED) is 0.339. The molecule has 1 aliphatic rings. The van der Waals surface area contributed by atoms with E-state index in [0.717, 1.165) is 12.8 Å². The van der Waals surface area contributed by atoms with Crippen molar-refractivity contribution in [2.24, 2.45) is 11.8 Å². The van der Waals surface area contributed by atoms with Crippen molar-refractivity contribution in [3.63, 3.8) is 0 Å². The van der Waals surface area contributed by atoms with Crippen molar-refractivity contribution < 1.29 is 18.8 Å². The molecule has 1 fully saturated rings. The average molecular weight is 449 g/mol. The van der Waals surface area contributed by atoms with Crippen LogP contribution in [-0.4, -0.2) is 45.1 Å². The van der Waals surface area contributed by atoms with Gasteiger partial charge in [0, 0.05) is 11.3 Å². The molecule has 3 atom stereocenters. The van der Waals surface area contributed by atoms with Crippen LogP contribution in [0.4, 0.5) is 0 Å². The van der Waals surface area contributed by atoms with Gasteiger partial charge in [0.15, 0.2) is 0 Å². The standard InChI is InChI=1S/C22H32N4O4S/c1-6-9-18(27)23-16-11-8-7-10-15(16)20(29)24-17(12-13(2)3)19(28)21-25-26-22(30-21)31-14(4)5/h13-17H,7-8,10-12H2,1-5H3,(H,23,27)(H,24,29)/t15-,16+,17?/m1/s1. The van der Waals surface area contributed by atoms with Crippen LogP contribution in [0.25, 0.3) is 0 Å². The Balaban J connectivity index is 2.13. The number of hydrogen-bond acceptors (Lipinski definition) is 7. The van der Waals surface area contributed by atoms with Crippen LogP contribution in [0.3, 0.4) is 0 Å². The number of nitrogens with zero attached hydrogens (tertiary/aromatic N) is 2. The zero-order valence-corrected chi connectivity index (χ0v) is 19.7. The third-order valence-corrected chi connectivity index (χ3v) is 5.79. The van der Waals surface area contributed by atoms with E-state index in [9.17, 15) is 14.4 Å². The van der Waals surface area contributed by atoms with Crippen LogP contribution in [0, 0.1) is 23.7 Å². The lowest BCUT2D eigenvalue weighted by Gasteiger charge is -2.32. The molecule has 0 saturated heterocycles. The van der Waals surface area contributed by atoms with E-state index in [0.29, 0.717) is 24.5 Å². The maximum atomic E-state index is 13.1. The van der Waals surface area contributed by atoms with Gasteiger partial charge in [0.1, 0.15) is 0 Å². The Bertz CT molecular complexity index is 840. The minimum atomic E-state index is -0.765. The van der Waals surface area contributed by atoms with E-state index in [1.807, 2.05) is 27.7 Å². The molecule has 1 unspecified atom stereocenters. The van der Waals surface area contributed by atoms with Crippen LogP contribution in [-0.2, 0) is 9.59 Å². The molecular weight excluding hydrogens is 416 g/mol. The first kappa shape index (κ1) is 24.9. The molecule has 0 bridgehead atoms. The molecule has 8 nitrogen and oxygen atoms in total. The Labute approximate surface area is 188 Å². The molecule has 0 spiro atoms. The summed E-state index contributed by atoms with van der Waals surface area (Å²) < 4.78 is 5.51. The fourth-order valence-electron chi connectivity index (χ4n) is 3.62. The number of thioether (sulfide) groups is 1. The molecule has 2 N–H and O–H groups in total. The normalized spacial score (nSPS) is 19.5. The predicted octanol–water partition coefficient (Wildman–Crippen LogP) is 2.98. The average Bonchev–Trinajstić information content (AvgIpc) is 3.14. The molecule has 1 aliphatic carbocycles. The van der Waals surface area contributed by atoms with Crippen molar-refractivity contribution in [2.45, 2.75) is 89.3 Å². The smallest absolute Gasteiger partial charge is 0.296 e. The molecule has 9 heteroatoms. The number of nitrogens with one attached hydrogen (secondary N) is 2. The van der Waals surface area contributed by atoms with Crippen LogP contribution in [0.1, 0.15) is 77.4 Å². The first-order chi connectivity index (χ1) is 14.7. The number of Topliss-reactive ketones (excluding diaryl/α,β-unsaturated/α-hetero) is 1. The van der Waals surface area contributed by atoms with E-state index in [-0.39, 0.29) is 34.9 Å². The molecule has 1 saturated carbocycles. The summed E-state index contributed by atoms with van der Waals surface area (Å²) in [5.41, 5.74) is 0. The third-order valence-electron chi connectivity index (χ3n) is 4.95. The highest BCUT2D eigenvalue weighted by molar-refractivity contribution is 7.99. The third kappa shape index (κ3) is 7.69. The first-order valence-corrected chi connectivity index (χ1v) is 11.7. The maximum Gasteiger partial charge on any atom is 0.296 e. The minimum absolute atomic E-state index is 0.0965. The summed E-state index contributed by atoms with van der Waals surface area (Å²) in [6, 6.07) is -1.06. The van der Waals surface area contributed by atoms with Gasteiger partial charge in [0.2, 0.25) is 11.7 Å². The molecule has 1 aromatic rings. The molecule has 0 aromatic carbocycles. The number of ketones is 1. The van der Waals surface area contributed by atoms with Crippen LogP contribution in [0.15, 0.2) is 9.64 Å². The fraction of sp³-hybridized carbons (Fsp3) is 0.682. The summed E-state index contributed by atoms with van der Waals surface area (Å²) in [5, 5.41) is 14.1. The predicted molar refractivity (Wildman–Crippen MR) is 118 cm³/mol. The van der Waals surface area contributed by atoms with E-state index in [1.165, 1.54) is 11.8 Å². The number of amides is 2. The number of carbonyl (C=O) groups excluding carboxylic acids is 3. The summed E-state index contributed by atoms with van der Waals surface area (Å²) in [7, 11) is 0. The van der Waals surface area contributed by atoms with Gasteiger partial charge >= 0.3 is 0 Å². The van der Waals surface area contributed by atoms with Crippen molar-refractivity contribution in [1.82, 2.24) is 20.8 Å². The Hall–Kier alpha value is -2.34. The van der Waals surface area contributed by atoms with Crippen LogP contribution in [0.5, 0.6) is 0 Å². The van der Waals surface area contributed by atoms with Crippen molar-refractivity contribution in [3.05, 3.63) is 5.89 Å². The monoisotopic (exact) mass is 448 g/mol. The Morgan fingerprint density at radius 2 is 1.87 bits per heavy atom. The fourth-order valence-corrected chi connectivity index (χ4v) is 4.24. The van der Waals surface area contributed by atoms with Gasteiger partial charge in [0.05, 0.1) is 12.0 Å². The summed E-state index contributed by atoms with van der Waals surface area (Å²) in [5.74, 6) is 3.67. The molecule has 2 amide bonds. The van der Waals surface area contributed by atoms with Crippen molar-refractivity contribution in [2.75, 3.05) is 0 Å². The van der Waals surface area contributed by atoms with Crippen molar-refractivity contribution >= 4 is 29.4 Å². The Morgan fingerprint density at radius 3 is 2.52 bits per heavy atom. The van der Waals surface area contributed by atoms with E-state index in [1.54, 1.807) is 6.92 Å². The van der Waals surface area contributed by atoms with Crippen LogP contribution in [0.2, 0.25) is 0 Å². The lowest BCUT2D eigenvalue weighted by molar-refractivity contribution is -0.128. The number of carbonyl (C=O) groups is 3.